The van der Waals surface area contributed by atoms with E-state index in [0.29, 0.717) is 37.4 Å². The number of rotatable bonds is 6. The maximum atomic E-state index is 12.4. The van der Waals surface area contributed by atoms with Gasteiger partial charge in [0.15, 0.2) is 0 Å². The van der Waals surface area contributed by atoms with Crippen molar-refractivity contribution in [2.24, 2.45) is 0 Å². The molecular weight excluding hydrogens is 386 g/mol. The summed E-state index contributed by atoms with van der Waals surface area (Å²) < 4.78 is 1.88. The molecule has 3 heterocycles. The smallest absolute Gasteiger partial charge is 0.273 e. The number of thiazole rings is 1. The molecule has 1 aliphatic rings. The van der Waals surface area contributed by atoms with Crippen molar-refractivity contribution in [1.82, 2.24) is 19.7 Å². The van der Waals surface area contributed by atoms with Crippen LogP contribution in [0.2, 0.25) is 0 Å². The van der Waals surface area contributed by atoms with Crippen LogP contribution in [0, 0.1) is 0 Å². The Morgan fingerprint density at radius 2 is 1.93 bits per heavy atom. The van der Waals surface area contributed by atoms with E-state index < -0.39 is 0 Å². The van der Waals surface area contributed by atoms with Gasteiger partial charge in [-0.05, 0) is 24.8 Å². The number of likely N-dealkylation sites (tertiary alicyclic amines) is 1. The van der Waals surface area contributed by atoms with E-state index in [1.807, 2.05) is 46.0 Å². The van der Waals surface area contributed by atoms with E-state index in [0.717, 1.165) is 18.4 Å². The van der Waals surface area contributed by atoms with Crippen molar-refractivity contribution in [1.29, 1.82) is 0 Å². The molecule has 0 atom stereocenters. The van der Waals surface area contributed by atoms with Crippen LogP contribution in [-0.4, -0.2) is 44.6 Å². The van der Waals surface area contributed by atoms with Gasteiger partial charge < -0.3 is 10.2 Å². The van der Waals surface area contributed by atoms with Gasteiger partial charge >= 0.3 is 0 Å². The van der Waals surface area contributed by atoms with Crippen LogP contribution < -0.4 is 5.32 Å². The zero-order chi connectivity index (χ0) is 20.1. The topological polar surface area (TPSA) is 80.1 Å². The van der Waals surface area contributed by atoms with E-state index in [1.165, 1.54) is 11.3 Å². The number of aryl methyl sites for hydroxylation is 1. The lowest BCUT2D eigenvalue weighted by molar-refractivity contribution is -0.116. The molecule has 8 heteroatoms. The Kier molecular flexibility index (Phi) is 6.00. The second kappa shape index (κ2) is 9.00. The summed E-state index contributed by atoms with van der Waals surface area (Å²) in [7, 11) is 0. The fourth-order valence-electron chi connectivity index (χ4n) is 3.61. The largest absolute Gasteiger partial charge is 0.337 e. The van der Waals surface area contributed by atoms with Crippen LogP contribution in [0.5, 0.6) is 0 Å². The van der Waals surface area contributed by atoms with Crippen LogP contribution in [0.1, 0.15) is 41.4 Å². The number of nitrogens with one attached hydrogen (secondary N) is 1. The van der Waals surface area contributed by atoms with Crippen molar-refractivity contribution < 1.29 is 9.59 Å². The molecule has 0 radical (unpaired) electrons. The summed E-state index contributed by atoms with van der Waals surface area (Å²) >= 11 is 1.43. The average molecular weight is 410 g/mol. The molecule has 1 saturated heterocycles. The van der Waals surface area contributed by atoms with Gasteiger partial charge in [-0.25, -0.2) is 9.67 Å². The fraction of sp³-hybridized carbons (Fsp3) is 0.333. The molecule has 4 rings (SSSR count). The van der Waals surface area contributed by atoms with Crippen molar-refractivity contribution in [2.75, 3.05) is 18.4 Å². The molecule has 1 aromatic carbocycles. The molecule has 7 nitrogen and oxygen atoms in total. The van der Waals surface area contributed by atoms with Gasteiger partial charge in [0.05, 0.1) is 17.7 Å². The molecule has 2 amide bonds. The SMILES string of the molecule is O=C(CCc1ccccc1)Nc1ccnn1C1CCN(C(=O)c2cscn2)CC1. The van der Waals surface area contributed by atoms with Crippen LogP contribution in [0.25, 0.3) is 0 Å². The van der Waals surface area contributed by atoms with Crippen LogP contribution in [0.4, 0.5) is 5.82 Å². The van der Waals surface area contributed by atoms with E-state index in [9.17, 15) is 9.59 Å². The predicted octanol–water partition coefficient (Wildman–Crippen LogP) is 3.39. The summed E-state index contributed by atoms with van der Waals surface area (Å²) in [4.78, 5) is 30.8. The highest BCUT2D eigenvalue weighted by molar-refractivity contribution is 7.07. The monoisotopic (exact) mass is 409 g/mol. The van der Waals surface area contributed by atoms with Crippen LogP contribution in [-0.2, 0) is 11.2 Å². The maximum Gasteiger partial charge on any atom is 0.273 e. The molecule has 0 saturated carbocycles. The number of hydrogen-bond acceptors (Lipinski definition) is 5. The quantitative estimate of drug-likeness (QED) is 0.677. The molecule has 0 bridgehead atoms. The first-order chi connectivity index (χ1) is 14.2. The molecular formula is C21H23N5O2S. The van der Waals surface area contributed by atoms with Crippen molar-refractivity contribution in [3.8, 4) is 0 Å². The number of aromatic nitrogens is 3. The molecule has 3 aromatic rings. The highest BCUT2D eigenvalue weighted by Gasteiger charge is 2.27. The van der Waals surface area contributed by atoms with Gasteiger partial charge in [-0.2, -0.15) is 5.10 Å². The molecule has 0 unspecified atom stereocenters. The Hall–Kier alpha value is -3.00. The minimum Gasteiger partial charge on any atom is -0.337 e. The third-order valence-corrected chi connectivity index (χ3v) is 5.76. The van der Waals surface area contributed by atoms with E-state index >= 15 is 0 Å². The molecule has 1 aliphatic heterocycles. The lowest BCUT2D eigenvalue weighted by atomic mass is 10.0. The Labute approximate surface area is 173 Å². The van der Waals surface area contributed by atoms with E-state index in [4.69, 9.17) is 0 Å². The Balaban J connectivity index is 1.31. The minimum atomic E-state index is -0.0215. The predicted molar refractivity (Wildman–Crippen MR) is 112 cm³/mol. The Morgan fingerprint density at radius 1 is 1.14 bits per heavy atom. The molecule has 0 spiro atoms. The first kappa shape index (κ1) is 19.3. The van der Waals surface area contributed by atoms with E-state index in [2.05, 4.69) is 15.4 Å². The summed E-state index contributed by atoms with van der Waals surface area (Å²) in [5, 5.41) is 9.19. The summed E-state index contributed by atoms with van der Waals surface area (Å²) in [6.07, 6.45) is 4.43. The zero-order valence-electron chi connectivity index (χ0n) is 16.0. The summed E-state index contributed by atoms with van der Waals surface area (Å²) in [6, 6.07) is 12.0. The first-order valence-corrected chi connectivity index (χ1v) is 10.7. The van der Waals surface area contributed by atoms with Crippen molar-refractivity contribution in [3.63, 3.8) is 0 Å². The lowest BCUT2D eigenvalue weighted by Gasteiger charge is -2.32. The number of nitrogens with zero attached hydrogens (tertiary/aromatic N) is 4. The molecule has 29 heavy (non-hydrogen) atoms. The van der Waals surface area contributed by atoms with Gasteiger partial charge in [0.25, 0.3) is 5.91 Å². The number of anilines is 1. The highest BCUT2D eigenvalue weighted by Crippen LogP contribution is 2.26. The van der Waals surface area contributed by atoms with Crippen LogP contribution >= 0.6 is 11.3 Å². The van der Waals surface area contributed by atoms with Crippen LogP contribution in [0.3, 0.4) is 0 Å². The van der Waals surface area contributed by atoms with Gasteiger partial charge in [0.1, 0.15) is 11.5 Å². The second-order valence-corrected chi connectivity index (χ2v) is 7.81. The summed E-state index contributed by atoms with van der Waals surface area (Å²) in [5.41, 5.74) is 3.34. The van der Waals surface area contributed by atoms with Crippen LogP contribution in [0.15, 0.2) is 53.5 Å². The molecule has 0 aliphatic carbocycles. The fourth-order valence-corrected chi connectivity index (χ4v) is 4.13. The number of carbonyl (C=O) groups is 2. The van der Waals surface area contributed by atoms with Crippen molar-refractivity contribution in [2.45, 2.75) is 31.7 Å². The van der Waals surface area contributed by atoms with Gasteiger partial charge in [0.2, 0.25) is 5.91 Å². The number of amides is 2. The van der Waals surface area contributed by atoms with Gasteiger partial charge in [-0.15, -0.1) is 11.3 Å². The number of carbonyl (C=O) groups excluding carboxylic acids is 2. The van der Waals surface area contributed by atoms with E-state index in [-0.39, 0.29) is 17.9 Å². The molecule has 2 aromatic heterocycles. The number of piperidine rings is 1. The minimum absolute atomic E-state index is 0.0143. The molecule has 150 valence electrons. The van der Waals surface area contributed by atoms with Gasteiger partial charge in [-0.3, -0.25) is 9.59 Å². The standard InChI is InChI=1S/C21H23N5O2S/c27-20(7-6-16-4-2-1-3-5-16)24-19-8-11-23-26(19)17-9-12-25(13-10-17)21(28)18-14-29-15-22-18/h1-5,8,11,14-15,17H,6-7,9-10,12-13H2,(H,24,27). The Bertz CT molecular complexity index is 947. The number of hydrogen-bond donors (Lipinski definition) is 1. The molecule has 1 fully saturated rings. The Morgan fingerprint density at radius 3 is 2.66 bits per heavy atom. The van der Waals surface area contributed by atoms with Crippen molar-refractivity contribution >= 4 is 29.0 Å². The van der Waals surface area contributed by atoms with E-state index in [1.54, 1.807) is 17.1 Å². The number of benzene rings is 1. The maximum absolute atomic E-state index is 12.4. The highest BCUT2D eigenvalue weighted by atomic mass is 32.1. The first-order valence-electron chi connectivity index (χ1n) is 9.75. The third-order valence-electron chi connectivity index (χ3n) is 5.17. The molecule has 1 N–H and O–H groups in total. The average Bonchev–Trinajstić information content (AvgIpc) is 3.45. The summed E-state index contributed by atoms with van der Waals surface area (Å²) in [6.45, 7) is 1.31. The normalized spacial score (nSPS) is 14.7. The third kappa shape index (κ3) is 4.71. The van der Waals surface area contributed by atoms with Gasteiger partial charge in [0, 0.05) is 31.0 Å². The zero-order valence-corrected chi connectivity index (χ0v) is 16.8. The van der Waals surface area contributed by atoms with Crippen molar-refractivity contribution in [3.05, 3.63) is 64.7 Å². The summed E-state index contributed by atoms with van der Waals surface area (Å²) in [5.74, 6) is 0.679. The second-order valence-electron chi connectivity index (χ2n) is 7.09. The lowest BCUT2D eigenvalue weighted by Crippen LogP contribution is -2.39. The van der Waals surface area contributed by atoms with Gasteiger partial charge in [-0.1, -0.05) is 30.3 Å².